The van der Waals surface area contributed by atoms with Gasteiger partial charge in [-0.1, -0.05) is 46.5 Å². The minimum atomic E-state index is -0.855. The number of aliphatic hydroxyl groups excluding tert-OH is 1. The standard InChI is InChI=1S/C12H26O2/c1-4-7-8-9-10-11(13)12(14,5-2)6-3/h11,13-14H,4-10H2,1-3H3. The van der Waals surface area contributed by atoms with Gasteiger partial charge in [0, 0.05) is 0 Å². The normalized spacial score (nSPS) is 14.4. The van der Waals surface area contributed by atoms with Crippen LogP contribution >= 0.6 is 0 Å². The molecule has 2 N–H and O–H groups in total. The van der Waals surface area contributed by atoms with E-state index in [4.69, 9.17) is 0 Å². The van der Waals surface area contributed by atoms with Gasteiger partial charge < -0.3 is 10.2 Å². The molecule has 2 nitrogen and oxygen atoms in total. The summed E-state index contributed by atoms with van der Waals surface area (Å²) in [6.45, 7) is 6.03. The van der Waals surface area contributed by atoms with Crippen molar-refractivity contribution in [2.75, 3.05) is 0 Å². The number of unbranched alkanes of at least 4 members (excludes halogenated alkanes) is 3. The summed E-state index contributed by atoms with van der Waals surface area (Å²) in [5, 5.41) is 19.8. The lowest BCUT2D eigenvalue weighted by Gasteiger charge is -2.31. The third-order valence-electron chi connectivity index (χ3n) is 3.18. The van der Waals surface area contributed by atoms with Gasteiger partial charge in [-0.2, -0.15) is 0 Å². The predicted molar refractivity (Wildman–Crippen MR) is 60.3 cm³/mol. The summed E-state index contributed by atoms with van der Waals surface area (Å²) in [6, 6.07) is 0. The van der Waals surface area contributed by atoms with E-state index in [0.717, 1.165) is 19.3 Å². The molecular weight excluding hydrogens is 176 g/mol. The Morgan fingerprint density at radius 1 is 1.00 bits per heavy atom. The zero-order valence-corrected chi connectivity index (χ0v) is 9.92. The lowest BCUT2D eigenvalue weighted by molar-refractivity contribution is -0.0835. The van der Waals surface area contributed by atoms with Crippen molar-refractivity contribution < 1.29 is 10.2 Å². The molecular formula is C12H26O2. The molecule has 0 radical (unpaired) electrons. The van der Waals surface area contributed by atoms with Crippen molar-refractivity contribution in [2.24, 2.45) is 0 Å². The molecule has 0 aromatic carbocycles. The van der Waals surface area contributed by atoms with Crippen LogP contribution in [0.2, 0.25) is 0 Å². The molecule has 0 rings (SSSR count). The van der Waals surface area contributed by atoms with Crippen molar-refractivity contribution in [3.63, 3.8) is 0 Å². The van der Waals surface area contributed by atoms with E-state index in [0.29, 0.717) is 12.8 Å². The summed E-state index contributed by atoms with van der Waals surface area (Å²) in [4.78, 5) is 0. The average Bonchev–Trinajstić information content (AvgIpc) is 2.22. The first kappa shape index (κ1) is 13.9. The van der Waals surface area contributed by atoms with E-state index in [9.17, 15) is 10.2 Å². The number of hydrogen-bond acceptors (Lipinski definition) is 2. The number of aliphatic hydroxyl groups is 2. The van der Waals surface area contributed by atoms with Crippen molar-refractivity contribution >= 4 is 0 Å². The Hall–Kier alpha value is -0.0800. The first-order chi connectivity index (χ1) is 6.60. The van der Waals surface area contributed by atoms with Gasteiger partial charge in [-0.25, -0.2) is 0 Å². The van der Waals surface area contributed by atoms with Gasteiger partial charge in [0.25, 0.3) is 0 Å². The number of hydrogen-bond donors (Lipinski definition) is 2. The highest BCUT2D eigenvalue weighted by Gasteiger charge is 2.30. The van der Waals surface area contributed by atoms with Gasteiger partial charge >= 0.3 is 0 Å². The fourth-order valence-electron chi connectivity index (χ4n) is 1.75. The highest BCUT2D eigenvalue weighted by Crippen LogP contribution is 2.23. The smallest absolute Gasteiger partial charge is 0.0900 e. The predicted octanol–water partition coefficient (Wildman–Crippen LogP) is 2.87. The molecule has 0 fully saturated rings. The molecule has 1 unspecified atom stereocenters. The van der Waals surface area contributed by atoms with Crippen LogP contribution in [0.5, 0.6) is 0 Å². The molecule has 0 saturated carbocycles. The van der Waals surface area contributed by atoms with Gasteiger partial charge in [0.2, 0.25) is 0 Å². The summed E-state index contributed by atoms with van der Waals surface area (Å²) in [5.41, 5.74) is -0.855. The Morgan fingerprint density at radius 3 is 2.00 bits per heavy atom. The fourth-order valence-corrected chi connectivity index (χ4v) is 1.75. The highest BCUT2D eigenvalue weighted by molar-refractivity contribution is 4.83. The van der Waals surface area contributed by atoms with Crippen LogP contribution in [-0.4, -0.2) is 21.9 Å². The largest absolute Gasteiger partial charge is 0.390 e. The van der Waals surface area contributed by atoms with Crippen LogP contribution in [0.25, 0.3) is 0 Å². The quantitative estimate of drug-likeness (QED) is 0.594. The maximum absolute atomic E-state index is 10.0. The highest BCUT2D eigenvalue weighted by atomic mass is 16.3. The molecule has 0 aliphatic carbocycles. The van der Waals surface area contributed by atoms with Crippen LogP contribution in [0.3, 0.4) is 0 Å². The molecule has 0 aromatic rings. The Morgan fingerprint density at radius 2 is 1.57 bits per heavy atom. The van der Waals surface area contributed by atoms with Gasteiger partial charge in [0.15, 0.2) is 0 Å². The van der Waals surface area contributed by atoms with Crippen LogP contribution in [0.15, 0.2) is 0 Å². The molecule has 0 saturated heterocycles. The summed E-state index contributed by atoms with van der Waals surface area (Å²) in [5.74, 6) is 0. The Balaban J connectivity index is 3.75. The van der Waals surface area contributed by atoms with E-state index < -0.39 is 11.7 Å². The Labute approximate surface area is 88.3 Å². The fraction of sp³-hybridized carbons (Fsp3) is 1.00. The second kappa shape index (κ2) is 7.24. The van der Waals surface area contributed by atoms with E-state index in [-0.39, 0.29) is 0 Å². The number of rotatable bonds is 8. The molecule has 1 atom stereocenters. The Kier molecular flexibility index (Phi) is 7.20. The molecule has 0 bridgehead atoms. The molecule has 14 heavy (non-hydrogen) atoms. The van der Waals surface area contributed by atoms with Crippen LogP contribution in [0.1, 0.15) is 65.7 Å². The molecule has 0 aliphatic rings. The van der Waals surface area contributed by atoms with Gasteiger partial charge in [-0.15, -0.1) is 0 Å². The molecule has 0 aliphatic heterocycles. The van der Waals surface area contributed by atoms with Crippen molar-refractivity contribution in [3.8, 4) is 0 Å². The SMILES string of the molecule is CCCCCCC(O)C(O)(CC)CC. The third-order valence-corrected chi connectivity index (χ3v) is 3.18. The first-order valence-corrected chi connectivity index (χ1v) is 6.01. The second-order valence-corrected chi connectivity index (χ2v) is 4.18. The molecule has 0 amide bonds. The van der Waals surface area contributed by atoms with Crippen LogP contribution in [0, 0.1) is 0 Å². The molecule has 0 heterocycles. The summed E-state index contributed by atoms with van der Waals surface area (Å²) in [6.07, 6.45) is 6.09. The van der Waals surface area contributed by atoms with Crippen LogP contribution < -0.4 is 0 Å². The van der Waals surface area contributed by atoms with Crippen molar-refractivity contribution in [3.05, 3.63) is 0 Å². The van der Waals surface area contributed by atoms with Gasteiger partial charge in [0.05, 0.1) is 11.7 Å². The maximum Gasteiger partial charge on any atom is 0.0900 e. The third kappa shape index (κ3) is 4.43. The topological polar surface area (TPSA) is 40.5 Å². The molecule has 0 aromatic heterocycles. The van der Waals surface area contributed by atoms with Gasteiger partial charge in [0.1, 0.15) is 0 Å². The van der Waals surface area contributed by atoms with Gasteiger partial charge in [-0.3, -0.25) is 0 Å². The average molecular weight is 202 g/mol. The Bertz CT molecular complexity index is 130. The zero-order chi connectivity index (χ0) is 11.0. The molecule has 86 valence electrons. The maximum atomic E-state index is 10.0. The van der Waals surface area contributed by atoms with E-state index >= 15 is 0 Å². The van der Waals surface area contributed by atoms with Crippen LogP contribution in [0.4, 0.5) is 0 Å². The zero-order valence-electron chi connectivity index (χ0n) is 9.92. The van der Waals surface area contributed by atoms with E-state index in [1.165, 1.54) is 12.8 Å². The van der Waals surface area contributed by atoms with Gasteiger partial charge in [-0.05, 0) is 19.3 Å². The lowest BCUT2D eigenvalue weighted by atomic mass is 9.87. The first-order valence-electron chi connectivity index (χ1n) is 6.01. The summed E-state index contributed by atoms with van der Waals surface area (Å²) < 4.78 is 0. The van der Waals surface area contributed by atoms with E-state index in [1.54, 1.807) is 0 Å². The minimum absolute atomic E-state index is 0.547. The summed E-state index contributed by atoms with van der Waals surface area (Å²) in [7, 11) is 0. The minimum Gasteiger partial charge on any atom is -0.390 e. The van der Waals surface area contributed by atoms with Crippen molar-refractivity contribution in [1.29, 1.82) is 0 Å². The molecule has 0 spiro atoms. The van der Waals surface area contributed by atoms with Crippen LogP contribution in [-0.2, 0) is 0 Å². The van der Waals surface area contributed by atoms with E-state index in [1.807, 2.05) is 13.8 Å². The summed E-state index contributed by atoms with van der Waals surface area (Å²) >= 11 is 0. The lowest BCUT2D eigenvalue weighted by Crippen LogP contribution is -2.41. The monoisotopic (exact) mass is 202 g/mol. The molecule has 2 heteroatoms. The van der Waals surface area contributed by atoms with Crippen molar-refractivity contribution in [2.45, 2.75) is 77.4 Å². The second-order valence-electron chi connectivity index (χ2n) is 4.18. The van der Waals surface area contributed by atoms with Crippen molar-refractivity contribution in [1.82, 2.24) is 0 Å². The van der Waals surface area contributed by atoms with E-state index in [2.05, 4.69) is 6.92 Å².